The molecule has 0 bridgehead atoms. The van der Waals surface area contributed by atoms with Crippen molar-refractivity contribution in [3.63, 3.8) is 0 Å². The molecular formula is C20H23N3O3. The number of aryl methyl sites for hydroxylation is 1. The Kier molecular flexibility index (Phi) is 5.21. The van der Waals surface area contributed by atoms with Crippen LogP contribution in [0.1, 0.15) is 38.2 Å². The predicted molar refractivity (Wildman–Crippen MR) is 100 cm³/mol. The van der Waals surface area contributed by atoms with Gasteiger partial charge in [0.2, 0.25) is 0 Å². The third kappa shape index (κ3) is 3.40. The molecule has 1 aliphatic heterocycles. The number of aromatic nitrogens is 1. The normalized spacial score (nSPS) is 16.6. The van der Waals surface area contributed by atoms with Gasteiger partial charge in [-0.15, -0.1) is 0 Å². The molecule has 0 saturated carbocycles. The van der Waals surface area contributed by atoms with Crippen molar-refractivity contribution in [1.29, 1.82) is 0 Å². The molecule has 1 saturated heterocycles. The summed E-state index contributed by atoms with van der Waals surface area (Å²) in [5, 5.41) is 3.23. The fourth-order valence-corrected chi connectivity index (χ4v) is 3.24. The maximum Gasteiger partial charge on any atom is 0.331 e. The van der Waals surface area contributed by atoms with Crippen LogP contribution in [-0.2, 0) is 16.6 Å². The summed E-state index contributed by atoms with van der Waals surface area (Å²) in [5.74, 6) is -1.17. The summed E-state index contributed by atoms with van der Waals surface area (Å²) in [7, 11) is 1.91. The highest BCUT2D eigenvalue weighted by molar-refractivity contribution is 6.31. The largest absolute Gasteiger partial charge is 0.350 e. The number of hydrogen-bond donors (Lipinski definition) is 1. The first-order valence-corrected chi connectivity index (χ1v) is 8.96. The van der Waals surface area contributed by atoms with Crippen LogP contribution in [0.4, 0.5) is 4.79 Å². The zero-order valence-corrected chi connectivity index (χ0v) is 15.1. The zero-order valence-electron chi connectivity index (χ0n) is 15.1. The van der Waals surface area contributed by atoms with E-state index in [1.165, 1.54) is 0 Å². The molecule has 4 amide bonds. The van der Waals surface area contributed by atoms with Crippen molar-refractivity contribution in [3.8, 4) is 0 Å². The summed E-state index contributed by atoms with van der Waals surface area (Å²) < 4.78 is 1.95. The number of imide groups is 2. The number of nitrogens with one attached hydrogen (secondary N) is 1. The number of nitrogens with zero attached hydrogens (tertiary/aromatic N) is 2. The van der Waals surface area contributed by atoms with Crippen LogP contribution < -0.4 is 5.32 Å². The molecule has 6 nitrogen and oxygen atoms in total. The molecule has 1 aromatic carbocycles. The van der Waals surface area contributed by atoms with Crippen LogP contribution >= 0.6 is 0 Å². The van der Waals surface area contributed by atoms with Crippen LogP contribution in [0.2, 0.25) is 0 Å². The maximum atomic E-state index is 12.7. The lowest BCUT2D eigenvalue weighted by Gasteiger charge is -2.26. The Balaban J connectivity index is 1.89. The Labute approximate surface area is 152 Å². The van der Waals surface area contributed by atoms with E-state index in [1.54, 1.807) is 6.08 Å². The summed E-state index contributed by atoms with van der Waals surface area (Å²) in [6, 6.07) is 7.14. The van der Waals surface area contributed by atoms with Gasteiger partial charge in [-0.2, -0.15) is 0 Å². The summed E-state index contributed by atoms with van der Waals surface area (Å²) in [6.07, 6.45) is 7.27. The molecule has 6 heteroatoms. The van der Waals surface area contributed by atoms with Crippen molar-refractivity contribution in [2.24, 2.45) is 7.05 Å². The number of hydrogen-bond acceptors (Lipinski definition) is 3. The first-order valence-electron chi connectivity index (χ1n) is 8.96. The van der Waals surface area contributed by atoms with Gasteiger partial charge < -0.3 is 4.57 Å². The number of benzene rings is 1. The lowest BCUT2D eigenvalue weighted by Crippen LogP contribution is -2.54. The second-order valence-electron chi connectivity index (χ2n) is 6.55. The van der Waals surface area contributed by atoms with Crippen molar-refractivity contribution in [2.75, 3.05) is 6.54 Å². The van der Waals surface area contributed by atoms with Crippen molar-refractivity contribution < 1.29 is 14.4 Å². The van der Waals surface area contributed by atoms with E-state index >= 15 is 0 Å². The monoisotopic (exact) mass is 353 g/mol. The number of carbonyl (C=O) groups excluding carboxylic acids is 3. The van der Waals surface area contributed by atoms with Crippen molar-refractivity contribution >= 4 is 34.8 Å². The van der Waals surface area contributed by atoms with Gasteiger partial charge in [-0.25, -0.2) is 4.79 Å². The van der Waals surface area contributed by atoms with E-state index < -0.39 is 17.8 Å². The van der Waals surface area contributed by atoms with Gasteiger partial charge in [0.15, 0.2) is 0 Å². The van der Waals surface area contributed by atoms with Gasteiger partial charge in [0.05, 0.1) is 0 Å². The van der Waals surface area contributed by atoms with Gasteiger partial charge in [0.1, 0.15) is 5.57 Å². The van der Waals surface area contributed by atoms with Gasteiger partial charge in [-0.3, -0.25) is 19.8 Å². The molecule has 2 heterocycles. The highest BCUT2D eigenvalue weighted by Gasteiger charge is 2.35. The Morgan fingerprint density at radius 3 is 2.62 bits per heavy atom. The second-order valence-corrected chi connectivity index (χ2v) is 6.55. The second kappa shape index (κ2) is 7.56. The highest BCUT2D eigenvalue weighted by Crippen LogP contribution is 2.24. The molecule has 0 spiro atoms. The Morgan fingerprint density at radius 1 is 1.08 bits per heavy atom. The molecule has 1 N–H and O–H groups in total. The fraction of sp³-hybridized carbons (Fsp3) is 0.350. The van der Waals surface area contributed by atoms with Crippen LogP contribution in [0.5, 0.6) is 0 Å². The quantitative estimate of drug-likeness (QED) is 0.492. The summed E-state index contributed by atoms with van der Waals surface area (Å²) in [5.41, 5.74) is 1.79. The van der Waals surface area contributed by atoms with Crippen LogP contribution in [0, 0.1) is 0 Å². The topological polar surface area (TPSA) is 71.4 Å². The molecule has 1 fully saturated rings. The SMILES string of the molecule is CCCCCCN1C(=O)NC(=O)/C(=C/c2cn(C)c3ccccc23)C1=O. The molecule has 2 aromatic rings. The molecule has 0 unspecified atom stereocenters. The molecule has 1 aliphatic rings. The smallest absolute Gasteiger partial charge is 0.331 e. The van der Waals surface area contributed by atoms with Crippen LogP contribution in [0.15, 0.2) is 36.0 Å². The molecule has 3 rings (SSSR count). The standard InChI is InChI=1S/C20H23N3O3/c1-3-4-5-8-11-23-19(25)16(18(24)21-20(23)26)12-14-13-22(2)17-10-7-6-9-15(14)17/h6-7,9-10,12-13H,3-5,8,11H2,1-2H3,(H,21,24,26)/b16-12-. The van der Waals surface area contributed by atoms with Crippen LogP contribution in [0.3, 0.4) is 0 Å². The van der Waals surface area contributed by atoms with Crippen molar-refractivity contribution in [2.45, 2.75) is 32.6 Å². The van der Waals surface area contributed by atoms with E-state index in [1.807, 2.05) is 42.1 Å². The molecular weight excluding hydrogens is 330 g/mol. The molecule has 136 valence electrons. The molecule has 0 radical (unpaired) electrons. The van der Waals surface area contributed by atoms with Crippen LogP contribution in [-0.4, -0.2) is 33.9 Å². The summed E-state index contributed by atoms with van der Waals surface area (Å²) in [4.78, 5) is 38.1. The number of fused-ring (bicyclic) bond motifs is 1. The first kappa shape index (κ1) is 17.9. The molecule has 0 aliphatic carbocycles. The van der Waals surface area contributed by atoms with E-state index in [-0.39, 0.29) is 5.57 Å². The average Bonchev–Trinajstić information content (AvgIpc) is 2.94. The summed E-state index contributed by atoms with van der Waals surface area (Å²) >= 11 is 0. The van der Waals surface area contributed by atoms with Crippen molar-refractivity contribution in [1.82, 2.24) is 14.8 Å². The van der Waals surface area contributed by atoms with Crippen LogP contribution in [0.25, 0.3) is 17.0 Å². The highest BCUT2D eigenvalue weighted by atomic mass is 16.2. The van der Waals surface area contributed by atoms with E-state index in [0.29, 0.717) is 6.54 Å². The van der Waals surface area contributed by atoms with Gasteiger partial charge in [0, 0.05) is 36.3 Å². The minimum absolute atomic E-state index is 0.00329. The number of rotatable bonds is 6. The Hall–Kier alpha value is -2.89. The third-order valence-electron chi connectivity index (χ3n) is 4.65. The number of carbonyl (C=O) groups is 3. The van der Waals surface area contributed by atoms with Gasteiger partial charge in [-0.05, 0) is 18.6 Å². The minimum Gasteiger partial charge on any atom is -0.350 e. The fourth-order valence-electron chi connectivity index (χ4n) is 3.24. The number of amides is 4. The number of urea groups is 1. The van der Waals surface area contributed by atoms with E-state index in [4.69, 9.17) is 0 Å². The molecule has 26 heavy (non-hydrogen) atoms. The third-order valence-corrected chi connectivity index (χ3v) is 4.65. The average molecular weight is 353 g/mol. The maximum absolute atomic E-state index is 12.7. The van der Waals surface area contributed by atoms with Gasteiger partial charge in [0.25, 0.3) is 11.8 Å². The predicted octanol–water partition coefficient (Wildman–Crippen LogP) is 3.22. The van der Waals surface area contributed by atoms with Gasteiger partial charge in [-0.1, -0.05) is 44.4 Å². The van der Waals surface area contributed by atoms with Gasteiger partial charge >= 0.3 is 6.03 Å². The van der Waals surface area contributed by atoms with E-state index in [2.05, 4.69) is 12.2 Å². The molecule has 0 atom stereocenters. The van der Waals surface area contributed by atoms with Crippen molar-refractivity contribution in [3.05, 3.63) is 41.6 Å². The number of para-hydroxylation sites is 1. The minimum atomic E-state index is -0.641. The lowest BCUT2D eigenvalue weighted by molar-refractivity contribution is -0.130. The van der Waals surface area contributed by atoms with E-state index in [9.17, 15) is 14.4 Å². The Bertz CT molecular complexity index is 895. The lowest BCUT2D eigenvalue weighted by atomic mass is 10.1. The Morgan fingerprint density at radius 2 is 1.85 bits per heavy atom. The first-order chi connectivity index (χ1) is 12.5. The zero-order chi connectivity index (χ0) is 18.7. The molecule has 1 aromatic heterocycles. The number of barbiturate groups is 1. The van der Waals surface area contributed by atoms with E-state index in [0.717, 1.165) is 47.0 Å². The number of unbranched alkanes of at least 4 members (excludes halogenated alkanes) is 3. The summed E-state index contributed by atoms with van der Waals surface area (Å²) in [6.45, 7) is 2.42.